The summed E-state index contributed by atoms with van der Waals surface area (Å²) in [5, 5.41) is 0.0368. The molecular formula is C16H20ClNO5S. The lowest BCUT2D eigenvalue weighted by molar-refractivity contribution is -0.134. The van der Waals surface area contributed by atoms with Crippen LogP contribution in [0.3, 0.4) is 0 Å². The smallest absolute Gasteiger partial charge is 0.338 e. The maximum absolute atomic E-state index is 12.1. The number of amides is 1. The fourth-order valence-corrected chi connectivity index (χ4v) is 3.84. The molecule has 2 rings (SSSR count). The van der Waals surface area contributed by atoms with Crippen LogP contribution in [0.5, 0.6) is 0 Å². The van der Waals surface area contributed by atoms with Crippen molar-refractivity contribution >= 4 is 33.3 Å². The van der Waals surface area contributed by atoms with Gasteiger partial charge in [0.2, 0.25) is 0 Å². The van der Waals surface area contributed by atoms with Crippen LogP contribution in [0.1, 0.15) is 36.0 Å². The van der Waals surface area contributed by atoms with Crippen LogP contribution in [-0.2, 0) is 19.4 Å². The Bertz CT molecular complexity index is 724. The number of carbonyl (C=O) groups is 2. The van der Waals surface area contributed by atoms with Crippen molar-refractivity contribution < 1.29 is 22.7 Å². The van der Waals surface area contributed by atoms with E-state index in [1.807, 2.05) is 0 Å². The predicted molar refractivity (Wildman–Crippen MR) is 89.9 cm³/mol. The van der Waals surface area contributed by atoms with Crippen LogP contribution in [0.15, 0.2) is 23.1 Å². The number of benzene rings is 1. The number of rotatable bonds is 4. The maximum atomic E-state index is 12.1. The van der Waals surface area contributed by atoms with Gasteiger partial charge in [0, 0.05) is 19.3 Å². The second-order valence-electron chi connectivity index (χ2n) is 5.79. The minimum atomic E-state index is -3.56. The fourth-order valence-electron chi connectivity index (χ4n) is 2.54. The zero-order valence-corrected chi connectivity index (χ0v) is 15.0. The topological polar surface area (TPSA) is 80.7 Å². The largest absolute Gasteiger partial charge is 0.452 e. The molecule has 0 bridgehead atoms. The van der Waals surface area contributed by atoms with Crippen molar-refractivity contribution in [1.82, 2.24) is 4.90 Å². The highest BCUT2D eigenvalue weighted by molar-refractivity contribution is 7.90. The highest BCUT2D eigenvalue weighted by atomic mass is 35.5. The summed E-state index contributed by atoms with van der Waals surface area (Å²) in [6.45, 7) is 1.00. The molecule has 1 aromatic rings. The molecule has 0 radical (unpaired) electrons. The molecule has 0 aliphatic carbocycles. The molecule has 24 heavy (non-hydrogen) atoms. The molecule has 0 N–H and O–H groups in total. The van der Waals surface area contributed by atoms with Gasteiger partial charge in [-0.25, -0.2) is 13.2 Å². The maximum Gasteiger partial charge on any atom is 0.338 e. The lowest BCUT2D eigenvalue weighted by Gasteiger charge is -2.20. The van der Waals surface area contributed by atoms with Crippen LogP contribution >= 0.6 is 11.6 Å². The van der Waals surface area contributed by atoms with Gasteiger partial charge in [0.25, 0.3) is 5.91 Å². The van der Waals surface area contributed by atoms with Crippen LogP contribution in [-0.4, -0.2) is 51.1 Å². The summed E-state index contributed by atoms with van der Waals surface area (Å²) in [5.41, 5.74) is 0.0449. The lowest BCUT2D eigenvalue weighted by Crippen LogP contribution is -2.35. The molecule has 6 nitrogen and oxygen atoms in total. The van der Waals surface area contributed by atoms with E-state index in [0.717, 1.165) is 38.0 Å². The van der Waals surface area contributed by atoms with E-state index >= 15 is 0 Å². The van der Waals surface area contributed by atoms with Gasteiger partial charge in [-0.2, -0.15) is 0 Å². The summed E-state index contributed by atoms with van der Waals surface area (Å²) in [4.78, 5) is 25.7. The summed E-state index contributed by atoms with van der Waals surface area (Å²) in [7, 11) is -3.56. The molecule has 1 fully saturated rings. The Hall–Kier alpha value is -1.60. The van der Waals surface area contributed by atoms with Crippen molar-refractivity contribution in [3.63, 3.8) is 0 Å². The predicted octanol–water partition coefficient (Wildman–Crippen LogP) is 2.30. The molecule has 1 aliphatic heterocycles. The lowest BCUT2D eigenvalue weighted by atomic mass is 10.2. The highest BCUT2D eigenvalue weighted by Gasteiger charge is 2.20. The number of hydrogen-bond donors (Lipinski definition) is 0. The Balaban J connectivity index is 2.01. The molecule has 1 aromatic carbocycles. The Kier molecular flexibility index (Phi) is 6.23. The summed E-state index contributed by atoms with van der Waals surface area (Å²) in [6.07, 6.45) is 5.11. The van der Waals surface area contributed by atoms with Crippen LogP contribution in [0.2, 0.25) is 5.02 Å². The Morgan fingerprint density at radius 3 is 2.38 bits per heavy atom. The third kappa shape index (κ3) is 4.95. The van der Waals surface area contributed by atoms with Gasteiger partial charge in [-0.3, -0.25) is 4.79 Å². The van der Waals surface area contributed by atoms with E-state index in [4.69, 9.17) is 16.3 Å². The molecule has 1 aliphatic rings. The number of sulfone groups is 1. The zero-order chi connectivity index (χ0) is 17.7. The van der Waals surface area contributed by atoms with Crippen molar-refractivity contribution in [2.24, 2.45) is 0 Å². The first kappa shape index (κ1) is 18.7. The molecule has 0 unspecified atom stereocenters. The van der Waals surface area contributed by atoms with Crippen LogP contribution in [0, 0.1) is 0 Å². The van der Waals surface area contributed by atoms with E-state index in [9.17, 15) is 18.0 Å². The zero-order valence-electron chi connectivity index (χ0n) is 13.5. The van der Waals surface area contributed by atoms with Gasteiger partial charge in [0.15, 0.2) is 16.4 Å². The van der Waals surface area contributed by atoms with E-state index < -0.39 is 15.8 Å². The van der Waals surface area contributed by atoms with Crippen LogP contribution in [0.25, 0.3) is 0 Å². The van der Waals surface area contributed by atoms with E-state index in [2.05, 4.69) is 0 Å². The SMILES string of the molecule is CS(=O)(=O)c1cc(C(=O)OCC(=O)N2CCCCCC2)ccc1Cl. The minimum absolute atomic E-state index is 0.0368. The number of nitrogens with zero attached hydrogens (tertiary/aromatic N) is 1. The van der Waals surface area contributed by atoms with E-state index in [1.54, 1.807) is 4.90 Å². The molecule has 0 saturated carbocycles. The molecule has 0 spiro atoms. The first-order valence-electron chi connectivity index (χ1n) is 7.73. The standard InChI is InChI=1S/C16H20ClNO5S/c1-24(21,22)14-10-12(6-7-13(14)17)16(20)23-11-15(19)18-8-4-2-3-5-9-18/h6-7,10H,2-5,8-9,11H2,1H3. The van der Waals surface area contributed by atoms with Gasteiger partial charge in [-0.1, -0.05) is 24.4 Å². The number of likely N-dealkylation sites (tertiary alicyclic amines) is 1. The molecule has 0 aromatic heterocycles. The van der Waals surface area contributed by atoms with Crippen molar-refractivity contribution in [1.29, 1.82) is 0 Å². The van der Waals surface area contributed by atoms with Crippen molar-refractivity contribution in [2.75, 3.05) is 26.0 Å². The van der Waals surface area contributed by atoms with Crippen molar-refractivity contribution in [2.45, 2.75) is 30.6 Å². The van der Waals surface area contributed by atoms with Gasteiger partial charge in [0.05, 0.1) is 15.5 Å². The first-order chi connectivity index (χ1) is 11.3. The number of carbonyl (C=O) groups excluding carboxylic acids is 2. The Morgan fingerprint density at radius 1 is 1.17 bits per heavy atom. The van der Waals surface area contributed by atoms with Gasteiger partial charge in [-0.05, 0) is 31.0 Å². The third-order valence-corrected chi connectivity index (χ3v) is 5.43. The number of hydrogen-bond acceptors (Lipinski definition) is 5. The van der Waals surface area contributed by atoms with E-state index in [0.29, 0.717) is 13.1 Å². The Labute approximate surface area is 146 Å². The molecule has 8 heteroatoms. The van der Waals surface area contributed by atoms with Gasteiger partial charge < -0.3 is 9.64 Å². The van der Waals surface area contributed by atoms with Crippen LogP contribution < -0.4 is 0 Å². The molecular weight excluding hydrogens is 354 g/mol. The van der Waals surface area contributed by atoms with Gasteiger partial charge in [0.1, 0.15) is 0 Å². The molecule has 1 saturated heterocycles. The average molecular weight is 374 g/mol. The van der Waals surface area contributed by atoms with Gasteiger partial charge in [-0.15, -0.1) is 0 Å². The van der Waals surface area contributed by atoms with E-state index in [-0.39, 0.29) is 28.0 Å². The summed E-state index contributed by atoms with van der Waals surface area (Å²) in [6, 6.07) is 3.86. The Morgan fingerprint density at radius 2 is 1.79 bits per heavy atom. The number of halogens is 1. The first-order valence-corrected chi connectivity index (χ1v) is 10.0. The molecule has 0 atom stereocenters. The number of ether oxygens (including phenoxy) is 1. The summed E-state index contributed by atoms with van der Waals surface area (Å²) in [5.74, 6) is -0.984. The average Bonchev–Trinajstić information content (AvgIpc) is 2.81. The quantitative estimate of drug-likeness (QED) is 0.756. The van der Waals surface area contributed by atoms with Crippen molar-refractivity contribution in [3.05, 3.63) is 28.8 Å². The third-order valence-electron chi connectivity index (χ3n) is 3.85. The molecule has 1 heterocycles. The van der Waals surface area contributed by atoms with Gasteiger partial charge >= 0.3 is 5.97 Å². The minimum Gasteiger partial charge on any atom is -0.452 e. The summed E-state index contributed by atoms with van der Waals surface area (Å²) < 4.78 is 28.3. The van der Waals surface area contributed by atoms with Crippen LogP contribution in [0.4, 0.5) is 0 Å². The summed E-state index contributed by atoms with van der Waals surface area (Å²) >= 11 is 5.84. The van der Waals surface area contributed by atoms with E-state index in [1.165, 1.54) is 12.1 Å². The second kappa shape index (κ2) is 7.98. The normalized spacial score (nSPS) is 15.7. The second-order valence-corrected chi connectivity index (χ2v) is 8.18. The number of esters is 1. The molecule has 132 valence electrons. The van der Waals surface area contributed by atoms with Crippen molar-refractivity contribution in [3.8, 4) is 0 Å². The fraction of sp³-hybridized carbons (Fsp3) is 0.500. The molecule has 1 amide bonds. The highest BCUT2D eigenvalue weighted by Crippen LogP contribution is 2.23. The monoisotopic (exact) mass is 373 g/mol.